The lowest BCUT2D eigenvalue weighted by Gasteiger charge is -2.30. The first-order valence-corrected chi connectivity index (χ1v) is 15.8. The summed E-state index contributed by atoms with van der Waals surface area (Å²) in [5, 5.41) is 7.51. The number of nitrogens with one attached hydrogen (secondary N) is 2. The Kier molecular flexibility index (Phi) is 8.36. The van der Waals surface area contributed by atoms with Crippen molar-refractivity contribution in [2.75, 3.05) is 46.3 Å². The Bertz CT molecular complexity index is 1620. The number of aromatic nitrogens is 3. The van der Waals surface area contributed by atoms with E-state index in [0.29, 0.717) is 36.1 Å². The molecule has 4 aliphatic heterocycles. The summed E-state index contributed by atoms with van der Waals surface area (Å²) in [6.45, 7) is 6.56. The summed E-state index contributed by atoms with van der Waals surface area (Å²) in [5.74, 6) is 0.983. The fourth-order valence-electron chi connectivity index (χ4n) is 6.87. The second kappa shape index (κ2) is 12.5. The predicted molar refractivity (Wildman–Crippen MR) is 169 cm³/mol. The molecule has 3 fully saturated rings. The zero-order valence-electron chi connectivity index (χ0n) is 26.9. The molecule has 4 aliphatic rings. The molecule has 2 N–H and O–H groups in total. The lowest BCUT2D eigenvalue weighted by molar-refractivity contribution is -0.197. The molecular formula is C33H42N6O7. The van der Waals surface area contributed by atoms with E-state index in [-0.39, 0.29) is 18.1 Å². The first-order valence-electron chi connectivity index (χ1n) is 15.8. The normalized spacial score (nSPS) is 27.6. The van der Waals surface area contributed by atoms with Crippen LogP contribution in [-0.4, -0.2) is 96.4 Å². The van der Waals surface area contributed by atoms with Crippen molar-refractivity contribution in [3.63, 3.8) is 0 Å². The molecule has 246 valence electrons. The number of hydrogen-bond acceptors (Lipinski definition) is 11. The Morgan fingerprint density at radius 3 is 2.65 bits per heavy atom. The number of carbonyl (C=O) groups excluding carboxylic acids is 1. The van der Waals surface area contributed by atoms with E-state index >= 15 is 0 Å². The molecule has 13 heteroatoms. The standard InChI is InChI=1S/C33H42N6O7/c1-33(2)45-26-27(31(40)37-20-10-12-38(3)13-11-20)44-32(28(26)46-33)39-17-22(23-7-6-14-43-23)25-29(35-18-36-30(25)39)34-16-19-8-9-21(41-4)15-24(19)42-5/h6-9,15,17-18,20,23,26-28,32H,10-14,16H2,1-5H3,(H,37,40)(H,34,35,36)/t23?,26-,27+,28-,32-/m1/s1. The van der Waals surface area contributed by atoms with Gasteiger partial charge in [0, 0.05) is 36.0 Å². The number of likely N-dealkylation sites (tertiary alicyclic amines) is 1. The lowest BCUT2D eigenvalue weighted by atomic mass is 10.0. The maximum Gasteiger partial charge on any atom is 0.252 e. The minimum Gasteiger partial charge on any atom is -0.497 e. The van der Waals surface area contributed by atoms with Crippen LogP contribution in [0.5, 0.6) is 11.5 Å². The van der Waals surface area contributed by atoms with Crippen LogP contribution in [0.2, 0.25) is 0 Å². The van der Waals surface area contributed by atoms with Gasteiger partial charge < -0.3 is 48.5 Å². The van der Waals surface area contributed by atoms with Crippen molar-refractivity contribution < 1.29 is 33.2 Å². The number of nitrogens with zero attached hydrogens (tertiary/aromatic N) is 4. The Balaban J connectivity index is 1.22. The van der Waals surface area contributed by atoms with Crippen LogP contribution in [0.1, 0.15) is 50.1 Å². The average Bonchev–Trinajstić information content (AvgIpc) is 3.84. The number of piperidine rings is 1. The smallest absolute Gasteiger partial charge is 0.252 e. The number of ether oxygens (including phenoxy) is 6. The molecule has 2 aromatic heterocycles. The summed E-state index contributed by atoms with van der Waals surface area (Å²) >= 11 is 0. The van der Waals surface area contributed by atoms with E-state index in [1.807, 2.05) is 55.0 Å². The van der Waals surface area contributed by atoms with E-state index in [1.165, 1.54) is 6.33 Å². The summed E-state index contributed by atoms with van der Waals surface area (Å²) in [7, 11) is 5.36. The minimum atomic E-state index is -0.883. The van der Waals surface area contributed by atoms with Crippen molar-refractivity contribution in [1.82, 2.24) is 24.8 Å². The highest BCUT2D eigenvalue weighted by Crippen LogP contribution is 2.46. The SMILES string of the molecule is COc1ccc(CNc2ncnc3c2c(C2C=CCO2)cn3[C@@H]2O[C@H](C(=O)NC3CCN(C)CC3)[C@H]3OC(C)(C)O[C@H]32)c(OC)c1. The van der Waals surface area contributed by atoms with Gasteiger partial charge in [0.05, 0.1) is 26.2 Å². The molecule has 46 heavy (non-hydrogen) atoms. The highest BCUT2D eigenvalue weighted by atomic mass is 16.8. The van der Waals surface area contributed by atoms with Crippen molar-refractivity contribution >= 4 is 22.8 Å². The van der Waals surface area contributed by atoms with Crippen molar-refractivity contribution in [2.45, 2.75) is 75.7 Å². The maximum absolute atomic E-state index is 13.7. The third kappa shape index (κ3) is 5.82. The van der Waals surface area contributed by atoms with Gasteiger partial charge in [-0.05, 0) is 59.0 Å². The molecule has 1 unspecified atom stereocenters. The van der Waals surface area contributed by atoms with Crippen LogP contribution in [0, 0.1) is 0 Å². The highest BCUT2D eigenvalue weighted by molar-refractivity contribution is 5.92. The van der Waals surface area contributed by atoms with Crippen LogP contribution < -0.4 is 20.1 Å². The fourth-order valence-corrected chi connectivity index (χ4v) is 6.87. The first-order chi connectivity index (χ1) is 22.2. The fraction of sp³-hybridized carbons (Fsp3) is 0.545. The highest BCUT2D eigenvalue weighted by Gasteiger charge is 2.58. The van der Waals surface area contributed by atoms with Crippen molar-refractivity contribution in [1.29, 1.82) is 0 Å². The molecule has 3 saturated heterocycles. The van der Waals surface area contributed by atoms with E-state index in [9.17, 15) is 4.79 Å². The number of benzene rings is 1. The summed E-state index contributed by atoms with van der Waals surface area (Å²) in [4.78, 5) is 25.3. The van der Waals surface area contributed by atoms with Gasteiger partial charge in [-0.25, -0.2) is 9.97 Å². The van der Waals surface area contributed by atoms with Gasteiger partial charge in [0.15, 0.2) is 18.1 Å². The summed E-state index contributed by atoms with van der Waals surface area (Å²) in [6.07, 6.45) is 6.36. The molecule has 0 radical (unpaired) electrons. The summed E-state index contributed by atoms with van der Waals surface area (Å²) in [5.41, 5.74) is 2.45. The van der Waals surface area contributed by atoms with Gasteiger partial charge in [-0.1, -0.05) is 12.2 Å². The zero-order valence-corrected chi connectivity index (χ0v) is 26.9. The topological polar surface area (TPSA) is 130 Å². The quantitative estimate of drug-likeness (QED) is 0.336. The Morgan fingerprint density at radius 1 is 1.11 bits per heavy atom. The van der Waals surface area contributed by atoms with Gasteiger partial charge in [-0.2, -0.15) is 0 Å². The van der Waals surface area contributed by atoms with Gasteiger partial charge in [-0.15, -0.1) is 0 Å². The van der Waals surface area contributed by atoms with E-state index in [2.05, 4.69) is 27.6 Å². The Hall–Kier alpha value is -3.75. The van der Waals surface area contributed by atoms with E-state index in [0.717, 1.165) is 42.4 Å². The predicted octanol–water partition coefficient (Wildman–Crippen LogP) is 3.32. The molecule has 0 saturated carbocycles. The number of hydrogen-bond donors (Lipinski definition) is 2. The molecule has 0 aliphatic carbocycles. The third-order valence-corrected chi connectivity index (χ3v) is 9.20. The number of carbonyl (C=O) groups is 1. The number of methoxy groups -OCH3 is 2. The zero-order chi connectivity index (χ0) is 32.0. The number of rotatable bonds is 9. The summed E-state index contributed by atoms with van der Waals surface area (Å²) in [6, 6.07) is 5.80. The first kappa shape index (κ1) is 30.9. The molecular weight excluding hydrogens is 592 g/mol. The third-order valence-electron chi connectivity index (χ3n) is 9.20. The summed E-state index contributed by atoms with van der Waals surface area (Å²) < 4.78 is 38.2. The van der Waals surface area contributed by atoms with Crippen LogP contribution in [0.4, 0.5) is 5.82 Å². The van der Waals surface area contributed by atoms with Crippen LogP contribution >= 0.6 is 0 Å². The van der Waals surface area contributed by atoms with Crippen molar-refractivity contribution in [3.05, 3.63) is 54.0 Å². The Morgan fingerprint density at radius 2 is 1.91 bits per heavy atom. The van der Waals surface area contributed by atoms with Crippen LogP contribution in [0.25, 0.3) is 11.0 Å². The second-order valence-corrected chi connectivity index (χ2v) is 12.7. The molecule has 0 bridgehead atoms. The molecule has 6 heterocycles. The maximum atomic E-state index is 13.7. The van der Waals surface area contributed by atoms with Crippen molar-refractivity contribution in [2.24, 2.45) is 0 Å². The number of anilines is 1. The molecule has 7 rings (SSSR count). The average molecular weight is 635 g/mol. The van der Waals surface area contributed by atoms with Crippen molar-refractivity contribution in [3.8, 4) is 11.5 Å². The minimum absolute atomic E-state index is 0.0937. The Labute approximate surface area is 268 Å². The van der Waals surface area contributed by atoms with Gasteiger partial charge in [-0.3, -0.25) is 4.79 Å². The van der Waals surface area contributed by atoms with Crippen LogP contribution in [0.3, 0.4) is 0 Å². The van der Waals surface area contributed by atoms with E-state index in [1.54, 1.807) is 14.2 Å². The number of fused-ring (bicyclic) bond motifs is 2. The number of amides is 1. The van der Waals surface area contributed by atoms with Gasteiger partial charge in [0.1, 0.15) is 47.6 Å². The van der Waals surface area contributed by atoms with Gasteiger partial charge in [0.25, 0.3) is 5.91 Å². The largest absolute Gasteiger partial charge is 0.497 e. The van der Waals surface area contributed by atoms with Gasteiger partial charge in [0.2, 0.25) is 0 Å². The monoisotopic (exact) mass is 634 g/mol. The molecule has 5 atom stereocenters. The lowest BCUT2D eigenvalue weighted by Crippen LogP contribution is -2.49. The second-order valence-electron chi connectivity index (χ2n) is 12.7. The van der Waals surface area contributed by atoms with Crippen LogP contribution in [0.15, 0.2) is 42.9 Å². The van der Waals surface area contributed by atoms with Gasteiger partial charge >= 0.3 is 0 Å². The van der Waals surface area contributed by atoms with E-state index < -0.39 is 30.3 Å². The molecule has 1 amide bonds. The molecule has 1 aromatic carbocycles. The molecule has 13 nitrogen and oxygen atoms in total. The van der Waals surface area contributed by atoms with Crippen LogP contribution in [-0.2, 0) is 30.3 Å². The molecule has 3 aromatic rings. The molecule has 0 spiro atoms. The van der Waals surface area contributed by atoms with E-state index in [4.69, 9.17) is 33.4 Å².